The van der Waals surface area contributed by atoms with Crippen molar-refractivity contribution in [2.45, 2.75) is 330 Å². The second kappa shape index (κ2) is 50.8. The van der Waals surface area contributed by atoms with Crippen LogP contribution in [0.1, 0.15) is 324 Å². The lowest BCUT2D eigenvalue weighted by Crippen LogP contribution is -2.30. The van der Waals surface area contributed by atoms with Crippen LogP contribution in [0, 0.1) is 11.8 Å². The van der Waals surface area contributed by atoms with E-state index < -0.39 is 6.10 Å². The highest BCUT2D eigenvalue weighted by molar-refractivity contribution is 5.71. The molecule has 0 aromatic carbocycles. The van der Waals surface area contributed by atoms with Crippen LogP contribution in [0.4, 0.5) is 0 Å². The van der Waals surface area contributed by atoms with Gasteiger partial charge in [0, 0.05) is 19.3 Å². The average Bonchev–Trinajstić information content (AvgIpc) is 3.28. The van der Waals surface area contributed by atoms with Gasteiger partial charge in [0.15, 0.2) is 6.10 Å². The second-order valence-corrected chi connectivity index (χ2v) is 20.6. The maximum absolute atomic E-state index is 12.8. The summed E-state index contributed by atoms with van der Waals surface area (Å²) in [7, 11) is 0. The zero-order valence-electron chi connectivity index (χ0n) is 43.9. The fourth-order valence-corrected chi connectivity index (χ4v) is 8.84. The molecular weight excluding hydrogens is 793 g/mol. The summed E-state index contributed by atoms with van der Waals surface area (Å²) < 4.78 is 16.9. The van der Waals surface area contributed by atoms with Gasteiger partial charge >= 0.3 is 17.9 Å². The largest absolute Gasteiger partial charge is 0.462 e. The number of carbonyl (C=O) groups is 3. The van der Waals surface area contributed by atoms with Gasteiger partial charge in [-0.15, -0.1) is 0 Å². The average molecular weight is 906 g/mol. The molecule has 0 radical (unpaired) electrons. The lowest BCUT2D eigenvalue weighted by Gasteiger charge is -2.18. The van der Waals surface area contributed by atoms with Crippen molar-refractivity contribution in [3.63, 3.8) is 0 Å². The Morgan fingerprint density at radius 1 is 0.328 bits per heavy atom. The second-order valence-electron chi connectivity index (χ2n) is 20.6. The van der Waals surface area contributed by atoms with Crippen LogP contribution in [-0.4, -0.2) is 37.2 Å². The van der Waals surface area contributed by atoms with Gasteiger partial charge < -0.3 is 14.2 Å². The van der Waals surface area contributed by atoms with E-state index in [4.69, 9.17) is 14.2 Å². The number of esters is 3. The molecule has 0 spiro atoms. The van der Waals surface area contributed by atoms with E-state index in [1.807, 2.05) is 0 Å². The lowest BCUT2D eigenvalue weighted by molar-refractivity contribution is -0.167. The molecule has 0 bridgehead atoms. The minimum Gasteiger partial charge on any atom is -0.462 e. The van der Waals surface area contributed by atoms with Gasteiger partial charge in [-0.05, 0) is 31.1 Å². The fourth-order valence-electron chi connectivity index (χ4n) is 8.84. The van der Waals surface area contributed by atoms with Gasteiger partial charge in [0.05, 0.1) is 0 Å². The van der Waals surface area contributed by atoms with Crippen LogP contribution in [-0.2, 0) is 28.6 Å². The summed E-state index contributed by atoms with van der Waals surface area (Å²) in [6.07, 6.45) is 53.8. The van der Waals surface area contributed by atoms with Gasteiger partial charge in [0.25, 0.3) is 0 Å². The van der Waals surface area contributed by atoms with Crippen molar-refractivity contribution in [1.29, 1.82) is 0 Å². The molecule has 0 aliphatic heterocycles. The monoisotopic (exact) mass is 905 g/mol. The number of carbonyl (C=O) groups excluding carboxylic acids is 3. The molecule has 6 heteroatoms. The summed E-state index contributed by atoms with van der Waals surface area (Å²) in [4.78, 5) is 38.0. The minimum absolute atomic E-state index is 0.0629. The molecule has 380 valence electrons. The van der Waals surface area contributed by atoms with E-state index >= 15 is 0 Å². The van der Waals surface area contributed by atoms with Crippen LogP contribution in [0.25, 0.3) is 0 Å². The molecule has 64 heavy (non-hydrogen) atoms. The normalized spacial score (nSPS) is 12.5. The summed E-state index contributed by atoms with van der Waals surface area (Å²) >= 11 is 0. The van der Waals surface area contributed by atoms with Gasteiger partial charge in [-0.2, -0.15) is 0 Å². The van der Waals surface area contributed by atoms with E-state index in [2.05, 4.69) is 34.6 Å². The first-order chi connectivity index (χ1) is 31.3. The molecule has 0 aromatic heterocycles. The molecule has 0 saturated heterocycles. The molecule has 2 atom stereocenters. The van der Waals surface area contributed by atoms with E-state index in [-0.39, 0.29) is 31.1 Å². The van der Waals surface area contributed by atoms with E-state index in [0.29, 0.717) is 19.3 Å². The Kier molecular flexibility index (Phi) is 49.6. The summed E-state index contributed by atoms with van der Waals surface area (Å²) in [5, 5.41) is 0. The molecule has 0 rings (SSSR count). The Morgan fingerprint density at radius 3 is 0.891 bits per heavy atom. The topological polar surface area (TPSA) is 78.9 Å². The van der Waals surface area contributed by atoms with Crippen molar-refractivity contribution in [1.82, 2.24) is 0 Å². The predicted molar refractivity (Wildman–Crippen MR) is 275 cm³/mol. The molecule has 0 aliphatic rings. The zero-order valence-corrected chi connectivity index (χ0v) is 43.9. The van der Waals surface area contributed by atoms with E-state index in [1.165, 1.54) is 212 Å². The Morgan fingerprint density at radius 2 is 0.594 bits per heavy atom. The van der Waals surface area contributed by atoms with Crippen molar-refractivity contribution in [3.8, 4) is 0 Å². The summed E-state index contributed by atoms with van der Waals surface area (Å²) in [5.74, 6) is 0.886. The first kappa shape index (κ1) is 62.4. The van der Waals surface area contributed by atoms with Crippen molar-refractivity contribution in [2.75, 3.05) is 13.2 Å². The highest BCUT2D eigenvalue weighted by Crippen LogP contribution is 2.18. The highest BCUT2D eigenvalue weighted by Gasteiger charge is 2.19. The lowest BCUT2D eigenvalue weighted by atomic mass is 9.99. The third-order valence-corrected chi connectivity index (χ3v) is 13.6. The van der Waals surface area contributed by atoms with Crippen LogP contribution in [0.2, 0.25) is 0 Å². The molecule has 0 aromatic rings. The summed E-state index contributed by atoms with van der Waals surface area (Å²) in [5.41, 5.74) is 0. The van der Waals surface area contributed by atoms with Crippen LogP contribution in [0.3, 0.4) is 0 Å². The van der Waals surface area contributed by atoms with Gasteiger partial charge in [-0.3, -0.25) is 14.4 Å². The smallest absolute Gasteiger partial charge is 0.306 e. The molecule has 0 amide bonds. The van der Waals surface area contributed by atoms with Crippen molar-refractivity contribution in [3.05, 3.63) is 0 Å². The van der Waals surface area contributed by atoms with Crippen LogP contribution >= 0.6 is 0 Å². The predicted octanol–water partition coefficient (Wildman–Crippen LogP) is 18.9. The van der Waals surface area contributed by atoms with E-state index in [1.54, 1.807) is 0 Å². The molecule has 0 N–H and O–H groups in total. The zero-order chi connectivity index (χ0) is 46.8. The third kappa shape index (κ3) is 49.8. The van der Waals surface area contributed by atoms with E-state index in [0.717, 1.165) is 69.6 Å². The first-order valence-corrected chi connectivity index (χ1v) is 28.8. The Bertz CT molecular complexity index is 980. The quantitative estimate of drug-likeness (QED) is 0.0344. The third-order valence-electron chi connectivity index (χ3n) is 13.6. The van der Waals surface area contributed by atoms with Crippen LogP contribution < -0.4 is 0 Å². The molecular formula is C58H112O6. The van der Waals surface area contributed by atoms with Crippen molar-refractivity contribution in [2.24, 2.45) is 11.8 Å². The van der Waals surface area contributed by atoms with Gasteiger partial charge in [-0.1, -0.05) is 285 Å². The van der Waals surface area contributed by atoms with Crippen molar-refractivity contribution < 1.29 is 28.6 Å². The number of hydrogen-bond donors (Lipinski definition) is 0. The Hall–Kier alpha value is -1.59. The molecule has 0 saturated carbocycles. The number of ether oxygens (including phenoxy) is 3. The molecule has 1 unspecified atom stereocenters. The highest BCUT2D eigenvalue weighted by atomic mass is 16.6. The van der Waals surface area contributed by atoms with Crippen molar-refractivity contribution >= 4 is 17.9 Å². The summed E-state index contributed by atoms with van der Waals surface area (Å²) in [6, 6.07) is 0. The summed E-state index contributed by atoms with van der Waals surface area (Å²) in [6.45, 7) is 11.4. The van der Waals surface area contributed by atoms with Crippen LogP contribution in [0.15, 0.2) is 0 Å². The van der Waals surface area contributed by atoms with Gasteiger partial charge in [0.1, 0.15) is 13.2 Å². The number of hydrogen-bond acceptors (Lipinski definition) is 6. The Balaban J connectivity index is 4.19. The standard InChI is InChI=1S/C58H112O6/c1-6-8-9-10-11-12-21-30-35-40-45-50-58(61)64-55(52-63-57(60)49-44-39-34-29-25-24-26-31-36-41-46-53(3)4)51-62-56(59)48-43-38-33-28-23-20-18-16-14-13-15-17-19-22-27-32-37-42-47-54(5)7-2/h53-55H,6-52H2,1-5H3/t54?,55-/m1/s1. The molecule has 0 fully saturated rings. The van der Waals surface area contributed by atoms with Gasteiger partial charge in [0.2, 0.25) is 0 Å². The maximum Gasteiger partial charge on any atom is 0.306 e. The van der Waals surface area contributed by atoms with Crippen LogP contribution in [0.5, 0.6) is 0 Å². The fraction of sp³-hybridized carbons (Fsp3) is 0.948. The number of rotatable bonds is 52. The molecule has 0 aliphatic carbocycles. The SMILES string of the molecule is CCCCCCCCCCCCCC(=O)O[C@H](COC(=O)CCCCCCCCCCCCCCCCCCCCC(C)CC)COC(=O)CCCCCCCCCCCCC(C)C. The maximum atomic E-state index is 12.8. The molecule has 0 heterocycles. The van der Waals surface area contributed by atoms with E-state index in [9.17, 15) is 14.4 Å². The minimum atomic E-state index is -0.762. The molecule has 6 nitrogen and oxygen atoms in total. The first-order valence-electron chi connectivity index (χ1n) is 28.8. The van der Waals surface area contributed by atoms with Gasteiger partial charge in [-0.25, -0.2) is 0 Å². The Labute approximate surface area is 399 Å². The number of unbranched alkanes of at least 4 members (excludes halogenated alkanes) is 36.